The number of aromatic hydroxyl groups is 1. The van der Waals surface area contributed by atoms with Crippen LogP contribution in [0.5, 0.6) is 11.5 Å². The quantitative estimate of drug-likeness (QED) is 0.537. The molecule has 1 aliphatic rings. The number of ketones is 1. The van der Waals surface area contributed by atoms with Crippen molar-refractivity contribution >= 4 is 11.8 Å². The van der Waals surface area contributed by atoms with Gasteiger partial charge in [-0.05, 0) is 31.5 Å². The zero-order chi connectivity index (χ0) is 23.0. The topological polar surface area (TPSA) is 108 Å². The summed E-state index contributed by atoms with van der Waals surface area (Å²) in [5.41, 5.74) is -3.06. The van der Waals surface area contributed by atoms with Crippen molar-refractivity contribution in [3.8, 4) is 11.5 Å². The number of Topliss-reactive ketones (excluding diaryl/α,β-unsaturated/α-hetero) is 1. The summed E-state index contributed by atoms with van der Waals surface area (Å²) >= 11 is 0. The smallest absolute Gasteiger partial charge is 0.437 e. The number of rotatable bonds is 5. The molecule has 0 aromatic heterocycles. The maximum Gasteiger partial charge on any atom is 0.437 e. The lowest BCUT2D eigenvalue weighted by molar-refractivity contribution is -0.287. The van der Waals surface area contributed by atoms with E-state index in [4.69, 9.17) is 4.74 Å². The lowest BCUT2D eigenvalue weighted by Crippen LogP contribution is -2.72. The van der Waals surface area contributed by atoms with E-state index in [1.165, 1.54) is 35.6 Å². The third kappa shape index (κ3) is 4.15. The minimum Gasteiger partial charge on any atom is -0.504 e. The van der Waals surface area contributed by atoms with Crippen molar-refractivity contribution in [2.45, 2.75) is 31.8 Å². The Morgan fingerprint density at radius 1 is 1.19 bits per heavy atom. The summed E-state index contributed by atoms with van der Waals surface area (Å²) < 4.78 is 47.1. The fourth-order valence-electron chi connectivity index (χ4n) is 3.51. The number of amides is 2. The average molecular weight is 438 g/mol. The molecule has 1 saturated heterocycles. The Balaban J connectivity index is 2.17. The zero-order valence-electron chi connectivity index (χ0n) is 16.7. The number of hydrogen-bond donors (Lipinski definition) is 4. The number of nitrogens with one attached hydrogen (secondary N) is 2. The first-order chi connectivity index (χ1) is 14.5. The van der Waals surface area contributed by atoms with Gasteiger partial charge in [-0.15, -0.1) is 0 Å². The van der Waals surface area contributed by atoms with E-state index in [-0.39, 0.29) is 29.2 Å². The molecule has 4 N–H and O–H groups in total. The fourth-order valence-corrected chi connectivity index (χ4v) is 3.51. The Kier molecular flexibility index (Phi) is 5.86. The fraction of sp³-hybridized carbons (Fsp3) is 0.333. The minimum absolute atomic E-state index is 0.0372. The van der Waals surface area contributed by atoms with Crippen LogP contribution in [0, 0.1) is 12.8 Å². The number of aliphatic hydroxyl groups is 1. The van der Waals surface area contributed by atoms with Crippen molar-refractivity contribution in [3.05, 3.63) is 59.2 Å². The molecule has 0 aliphatic carbocycles. The van der Waals surface area contributed by atoms with Gasteiger partial charge in [0.25, 0.3) is 0 Å². The molecular formula is C21H21F3N2O5. The molecule has 0 bridgehead atoms. The first-order valence-corrected chi connectivity index (χ1v) is 9.42. The minimum atomic E-state index is -5.35. The predicted molar refractivity (Wildman–Crippen MR) is 104 cm³/mol. The van der Waals surface area contributed by atoms with Crippen LogP contribution in [0.1, 0.15) is 34.5 Å². The van der Waals surface area contributed by atoms with E-state index in [9.17, 15) is 33.0 Å². The van der Waals surface area contributed by atoms with E-state index >= 15 is 0 Å². The number of ether oxygens (including phenoxy) is 1. The molecule has 7 nitrogen and oxygen atoms in total. The molecule has 10 heteroatoms. The van der Waals surface area contributed by atoms with E-state index in [0.29, 0.717) is 0 Å². The number of urea groups is 1. The third-order valence-electron chi connectivity index (χ3n) is 5.07. The van der Waals surface area contributed by atoms with Crippen molar-refractivity contribution in [1.29, 1.82) is 0 Å². The van der Waals surface area contributed by atoms with Crippen LogP contribution in [0.4, 0.5) is 18.0 Å². The van der Waals surface area contributed by atoms with Crippen LogP contribution in [0.2, 0.25) is 0 Å². The van der Waals surface area contributed by atoms with Crippen molar-refractivity contribution < 1.29 is 37.7 Å². The standard InChI is InChI=1S/C21H21F3N2O5/c1-3-31-15-10-13(8-9-14(15)27)17-16(18(28)12-6-4-11(2)5-7-12)20(30,21(22,23)24)26-19(29)25-17/h4-10,16-17,27,30H,3H2,1-2H3,(H2,25,26,29)/t16-,17+,20+/m0/s1. The molecular weight excluding hydrogens is 417 g/mol. The van der Waals surface area contributed by atoms with Crippen molar-refractivity contribution in [3.63, 3.8) is 0 Å². The van der Waals surface area contributed by atoms with Crippen LogP contribution in [-0.4, -0.2) is 40.5 Å². The maximum absolute atomic E-state index is 13.9. The summed E-state index contributed by atoms with van der Waals surface area (Å²) in [5.74, 6) is -3.49. The van der Waals surface area contributed by atoms with Crippen LogP contribution in [0.25, 0.3) is 0 Å². The van der Waals surface area contributed by atoms with Gasteiger partial charge in [0.1, 0.15) is 5.92 Å². The van der Waals surface area contributed by atoms with Gasteiger partial charge in [-0.3, -0.25) is 4.79 Å². The van der Waals surface area contributed by atoms with Crippen molar-refractivity contribution in [2.24, 2.45) is 5.92 Å². The van der Waals surface area contributed by atoms with E-state index in [1.54, 1.807) is 26.0 Å². The predicted octanol–water partition coefficient (Wildman–Crippen LogP) is 3.20. The number of alkyl halides is 3. The number of phenols is 1. The molecule has 1 aliphatic heterocycles. The maximum atomic E-state index is 13.9. The molecule has 2 aromatic carbocycles. The number of aryl methyl sites for hydroxylation is 1. The summed E-state index contributed by atoms with van der Waals surface area (Å²) in [7, 11) is 0. The normalized spacial score (nSPS) is 23.6. The number of benzene rings is 2. The molecule has 1 heterocycles. The summed E-state index contributed by atoms with van der Waals surface area (Å²) in [5, 5.41) is 24.3. The number of halogens is 3. The van der Waals surface area contributed by atoms with E-state index in [0.717, 1.165) is 5.56 Å². The van der Waals surface area contributed by atoms with Gasteiger partial charge in [0, 0.05) is 5.56 Å². The molecule has 2 amide bonds. The van der Waals surface area contributed by atoms with Gasteiger partial charge in [-0.2, -0.15) is 13.2 Å². The number of hydrogen-bond acceptors (Lipinski definition) is 5. The number of carbonyl (C=O) groups is 2. The molecule has 3 atom stereocenters. The monoisotopic (exact) mass is 438 g/mol. The Morgan fingerprint density at radius 2 is 1.84 bits per heavy atom. The Hall–Kier alpha value is -3.27. The van der Waals surface area contributed by atoms with Crippen LogP contribution < -0.4 is 15.4 Å². The molecule has 0 spiro atoms. The average Bonchev–Trinajstić information content (AvgIpc) is 2.68. The molecule has 166 valence electrons. The number of carbonyl (C=O) groups excluding carboxylic acids is 2. The van der Waals surface area contributed by atoms with Gasteiger partial charge in [0.05, 0.1) is 12.6 Å². The van der Waals surface area contributed by atoms with Crippen LogP contribution in [0.3, 0.4) is 0 Å². The molecule has 2 aromatic rings. The summed E-state index contributed by atoms with van der Waals surface area (Å²) in [6.45, 7) is 3.55. The lowest BCUT2D eigenvalue weighted by Gasteiger charge is -2.45. The van der Waals surface area contributed by atoms with Gasteiger partial charge in [0.15, 0.2) is 17.3 Å². The lowest BCUT2D eigenvalue weighted by atomic mass is 9.77. The largest absolute Gasteiger partial charge is 0.504 e. The second-order valence-corrected chi connectivity index (χ2v) is 7.21. The highest BCUT2D eigenvalue weighted by Crippen LogP contribution is 2.45. The Bertz CT molecular complexity index is 993. The van der Waals surface area contributed by atoms with Gasteiger partial charge in [-0.1, -0.05) is 35.9 Å². The molecule has 31 heavy (non-hydrogen) atoms. The van der Waals surface area contributed by atoms with E-state index in [2.05, 4.69) is 5.32 Å². The van der Waals surface area contributed by atoms with Crippen LogP contribution >= 0.6 is 0 Å². The van der Waals surface area contributed by atoms with Gasteiger partial charge in [0.2, 0.25) is 5.72 Å². The van der Waals surface area contributed by atoms with Crippen LogP contribution in [-0.2, 0) is 0 Å². The molecule has 3 rings (SSSR count). The summed E-state index contributed by atoms with van der Waals surface area (Å²) in [4.78, 5) is 25.3. The first kappa shape index (κ1) is 22.4. The van der Waals surface area contributed by atoms with Gasteiger partial charge < -0.3 is 25.6 Å². The zero-order valence-corrected chi connectivity index (χ0v) is 16.7. The Morgan fingerprint density at radius 3 is 2.42 bits per heavy atom. The Labute approximate surface area is 175 Å². The second-order valence-electron chi connectivity index (χ2n) is 7.21. The highest BCUT2D eigenvalue weighted by atomic mass is 19.4. The molecule has 0 saturated carbocycles. The molecule has 0 radical (unpaired) electrons. The first-order valence-electron chi connectivity index (χ1n) is 9.42. The summed E-state index contributed by atoms with van der Waals surface area (Å²) in [6.07, 6.45) is -5.35. The third-order valence-corrected chi connectivity index (χ3v) is 5.07. The highest BCUT2D eigenvalue weighted by Gasteiger charge is 2.66. The van der Waals surface area contributed by atoms with Crippen molar-refractivity contribution in [1.82, 2.24) is 10.6 Å². The SMILES string of the molecule is CCOc1cc([C@H]2NC(=O)N[C@](O)(C(F)(F)F)[C@@H]2C(=O)c2ccc(C)cc2)ccc1O. The van der Waals surface area contributed by atoms with Gasteiger partial charge in [-0.25, -0.2) is 4.79 Å². The van der Waals surface area contributed by atoms with E-state index in [1.807, 2.05) is 0 Å². The van der Waals surface area contributed by atoms with Crippen LogP contribution in [0.15, 0.2) is 42.5 Å². The van der Waals surface area contributed by atoms with Crippen molar-refractivity contribution in [2.75, 3.05) is 6.61 Å². The highest BCUT2D eigenvalue weighted by molar-refractivity contribution is 6.00. The number of phenolic OH excluding ortho intramolecular Hbond substituents is 1. The summed E-state index contributed by atoms with van der Waals surface area (Å²) in [6, 6.07) is 6.60. The van der Waals surface area contributed by atoms with Gasteiger partial charge >= 0.3 is 12.2 Å². The second kappa shape index (κ2) is 8.10. The van der Waals surface area contributed by atoms with E-state index < -0.39 is 35.7 Å². The molecule has 1 fully saturated rings. The molecule has 0 unspecified atom stereocenters.